The molecular formula is C19H21ClFNO. The van der Waals surface area contributed by atoms with Gasteiger partial charge in [-0.05, 0) is 73.8 Å². The van der Waals surface area contributed by atoms with E-state index in [1.807, 2.05) is 36.4 Å². The van der Waals surface area contributed by atoms with Crippen molar-refractivity contribution < 1.29 is 9.13 Å². The summed E-state index contributed by atoms with van der Waals surface area (Å²) >= 11 is 5.91. The van der Waals surface area contributed by atoms with Crippen LogP contribution in [0.4, 0.5) is 4.39 Å². The van der Waals surface area contributed by atoms with Crippen LogP contribution >= 0.6 is 11.6 Å². The van der Waals surface area contributed by atoms with Crippen LogP contribution in [0.1, 0.15) is 24.3 Å². The van der Waals surface area contributed by atoms with Gasteiger partial charge in [0.2, 0.25) is 0 Å². The van der Waals surface area contributed by atoms with Crippen molar-refractivity contribution in [3.05, 3.63) is 64.9 Å². The van der Waals surface area contributed by atoms with Crippen LogP contribution in [0.2, 0.25) is 5.02 Å². The smallest absolute Gasteiger partial charge is 0.123 e. The number of benzene rings is 2. The minimum absolute atomic E-state index is 0.201. The second-order valence-electron chi connectivity index (χ2n) is 6.03. The lowest BCUT2D eigenvalue weighted by atomic mass is 9.82. The van der Waals surface area contributed by atoms with E-state index in [0.29, 0.717) is 17.5 Å². The summed E-state index contributed by atoms with van der Waals surface area (Å²) in [5.41, 5.74) is 1.13. The Kier molecular flexibility index (Phi) is 5.52. The van der Waals surface area contributed by atoms with E-state index in [1.165, 1.54) is 25.0 Å². The second-order valence-corrected chi connectivity index (χ2v) is 6.47. The summed E-state index contributed by atoms with van der Waals surface area (Å²) < 4.78 is 19.2. The molecule has 2 aromatic rings. The molecule has 1 fully saturated rings. The Bertz CT molecular complexity index is 608. The normalized spacial score (nSPS) is 19.3. The number of halogens is 2. The lowest BCUT2D eigenvalue weighted by molar-refractivity contribution is 0.220. The zero-order chi connectivity index (χ0) is 16.1. The van der Waals surface area contributed by atoms with Crippen LogP contribution in [0.3, 0.4) is 0 Å². The van der Waals surface area contributed by atoms with Gasteiger partial charge >= 0.3 is 0 Å². The van der Waals surface area contributed by atoms with Gasteiger partial charge in [-0.1, -0.05) is 23.7 Å². The number of nitrogens with one attached hydrogen (secondary N) is 1. The van der Waals surface area contributed by atoms with Crippen molar-refractivity contribution in [3.63, 3.8) is 0 Å². The van der Waals surface area contributed by atoms with Crippen molar-refractivity contribution in [1.82, 2.24) is 5.32 Å². The van der Waals surface area contributed by atoms with Crippen LogP contribution in [0.25, 0.3) is 0 Å². The van der Waals surface area contributed by atoms with Crippen molar-refractivity contribution in [2.75, 3.05) is 19.7 Å². The average molecular weight is 334 g/mol. The average Bonchev–Trinajstić information content (AvgIpc) is 2.59. The molecular weight excluding hydrogens is 313 g/mol. The molecule has 1 aliphatic rings. The van der Waals surface area contributed by atoms with Gasteiger partial charge in [0, 0.05) is 10.9 Å². The van der Waals surface area contributed by atoms with Crippen LogP contribution in [-0.4, -0.2) is 19.7 Å². The van der Waals surface area contributed by atoms with Gasteiger partial charge in [0.1, 0.15) is 11.6 Å². The number of hydrogen-bond acceptors (Lipinski definition) is 2. The fourth-order valence-corrected chi connectivity index (χ4v) is 3.28. The summed E-state index contributed by atoms with van der Waals surface area (Å²) in [6, 6.07) is 14.2. The van der Waals surface area contributed by atoms with E-state index in [-0.39, 0.29) is 11.7 Å². The third kappa shape index (κ3) is 4.46. The van der Waals surface area contributed by atoms with E-state index >= 15 is 0 Å². The van der Waals surface area contributed by atoms with Crippen LogP contribution in [0.15, 0.2) is 48.5 Å². The van der Waals surface area contributed by atoms with E-state index in [2.05, 4.69) is 5.32 Å². The molecule has 2 unspecified atom stereocenters. The SMILES string of the molecule is Fc1ccc(C(COc2ccc(Cl)cc2)C2CCCNC2)cc1. The highest BCUT2D eigenvalue weighted by Gasteiger charge is 2.25. The quantitative estimate of drug-likeness (QED) is 0.860. The van der Waals surface area contributed by atoms with Crippen LogP contribution in [-0.2, 0) is 0 Å². The first-order valence-electron chi connectivity index (χ1n) is 8.07. The molecule has 0 radical (unpaired) electrons. The van der Waals surface area contributed by atoms with Crippen molar-refractivity contribution in [3.8, 4) is 5.75 Å². The zero-order valence-corrected chi connectivity index (χ0v) is 13.7. The van der Waals surface area contributed by atoms with Gasteiger partial charge in [0.15, 0.2) is 0 Å². The molecule has 1 saturated heterocycles. The Morgan fingerprint density at radius 3 is 2.52 bits per heavy atom. The van der Waals surface area contributed by atoms with E-state index in [1.54, 1.807) is 0 Å². The molecule has 1 aliphatic heterocycles. The molecule has 0 aromatic heterocycles. The lowest BCUT2D eigenvalue weighted by Crippen LogP contribution is -2.35. The van der Waals surface area contributed by atoms with Gasteiger partial charge in [-0.15, -0.1) is 0 Å². The molecule has 4 heteroatoms. The molecule has 3 rings (SSSR count). The Morgan fingerprint density at radius 1 is 1.13 bits per heavy atom. The standard InChI is InChI=1S/C19H21ClFNO/c20-16-5-9-18(10-6-16)23-13-19(15-2-1-11-22-12-15)14-3-7-17(21)8-4-14/h3-10,15,19,22H,1-2,11-13H2. The summed E-state index contributed by atoms with van der Waals surface area (Å²) in [6.45, 7) is 2.64. The molecule has 1 heterocycles. The Hall–Kier alpha value is -1.58. The minimum Gasteiger partial charge on any atom is -0.493 e. The first-order valence-corrected chi connectivity index (χ1v) is 8.45. The molecule has 0 bridgehead atoms. The monoisotopic (exact) mass is 333 g/mol. The van der Waals surface area contributed by atoms with E-state index in [0.717, 1.165) is 24.4 Å². The number of piperidine rings is 1. The van der Waals surface area contributed by atoms with Gasteiger partial charge in [0.05, 0.1) is 6.61 Å². The summed E-state index contributed by atoms with van der Waals surface area (Å²) in [4.78, 5) is 0. The van der Waals surface area contributed by atoms with Gasteiger partial charge < -0.3 is 10.1 Å². The van der Waals surface area contributed by atoms with E-state index < -0.39 is 0 Å². The first-order chi connectivity index (χ1) is 11.2. The highest BCUT2D eigenvalue weighted by molar-refractivity contribution is 6.30. The minimum atomic E-state index is -0.201. The Morgan fingerprint density at radius 2 is 1.87 bits per heavy atom. The number of ether oxygens (including phenoxy) is 1. The van der Waals surface area contributed by atoms with E-state index in [4.69, 9.17) is 16.3 Å². The second kappa shape index (κ2) is 7.80. The number of hydrogen-bond donors (Lipinski definition) is 1. The van der Waals surface area contributed by atoms with Gasteiger partial charge in [-0.3, -0.25) is 0 Å². The van der Waals surface area contributed by atoms with Gasteiger partial charge in [0.25, 0.3) is 0 Å². The highest BCUT2D eigenvalue weighted by Crippen LogP contribution is 2.31. The molecule has 23 heavy (non-hydrogen) atoms. The molecule has 0 aliphatic carbocycles. The van der Waals surface area contributed by atoms with Crippen molar-refractivity contribution >= 4 is 11.6 Å². The van der Waals surface area contributed by atoms with Gasteiger partial charge in [-0.25, -0.2) is 4.39 Å². The molecule has 2 atom stereocenters. The summed E-state index contributed by atoms with van der Waals surface area (Å²) in [6.07, 6.45) is 2.34. The molecule has 2 nitrogen and oxygen atoms in total. The third-order valence-corrected chi connectivity index (χ3v) is 4.70. The highest BCUT2D eigenvalue weighted by atomic mass is 35.5. The summed E-state index contributed by atoms with van der Waals surface area (Å²) in [7, 11) is 0. The summed E-state index contributed by atoms with van der Waals surface area (Å²) in [5.74, 6) is 1.36. The maximum atomic E-state index is 13.2. The maximum absolute atomic E-state index is 13.2. The molecule has 2 aromatic carbocycles. The zero-order valence-electron chi connectivity index (χ0n) is 13.0. The summed E-state index contributed by atoms with van der Waals surface area (Å²) in [5, 5.41) is 4.15. The predicted molar refractivity (Wildman–Crippen MR) is 91.7 cm³/mol. The van der Waals surface area contributed by atoms with Crippen molar-refractivity contribution in [1.29, 1.82) is 0 Å². The van der Waals surface area contributed by atoms with Crippen molar-refractivity contribution in [2.24, 2.45) is 5.92 Å². The molecule has 0 amide bonds. The predicted octanol–water partition coefficient (Wildman–Crippen LogP) is 4.64. The molecule has 122 valence electrons. The van der Waals surface area contributed by atoms with Crippen LogP contribution in [0.5, 0.6) is 5.75 Å². The molecule has 0 spiro atoms. The van der Waals surface area contributed by atoms with Crippen LogP contribution < -0.4 is 10.1 Å². The van der Waals surface area contributed by atoms with Crippen molar-refractivity contribution in [2.45, 2.75) is 18.8 Å². The first kappa shape index (κ1) is 16.3. The topological polar surface area (TPSA) is 21.3 Å². The Labute approximate surface area is 141 Å². The maximum Gasteiger partial charge on any atom is 0.123 e. The Balaban J connectivity index is 1.74. The fraction of sp³-hybridized carbons (Fsp3) is 0.368. The molecule has 0 saturated carbocycles. The number of rotatable bonds is 5. The third-order valence-electron chi connectivity index (χ3n) is 4.45. The lowest BCUT2D eigenvalue weighted by Gasteiger charge is -2.31. The van der Waals surface area contributed by atoms with Gasteiger partial charge in [-0.2, -0.15) is 0 Å². The fourth-order valence-electron chi connectivity index (χ4n) is 3.15. The largest absolute Gasteiger partial charge is 0.493 e. The van der Waals surface area contributed by atoms with E-state index in [9.17, 15) is 4.39 Å². The molecule has 1 N–H and O–H groups in total. The van der Waals surface area contributed by atoms with Crippen LogP contribution in [0, 0.1) is 11.7 Å².